The number of rotatable bonds is 0. The van der Waals surface area contributed by atoms with E-state index in [4.69, 9.17) is 0 Å². The summed E-state index contributed by atoms with van der Waals surface area (Å²) in [6.45, 7) is 0. The average molecular weight is 173 g/mol. The van der Waals surface area contributed by atoms with E-state index in [2.05, 4.69) is 24.3 Å². The van der Waals surface area contributed by atoms with Gasteiger partial charge >= 0.3 is 0 Å². The predicted octanol–water partition coefficient (Wildman–Crippen LogP) is 3.98. The van der Waals surface area contributed by atoms with Crippen LogP contribution in [-0.4, -0.2) is 0 Å². The molecule has 0 aromatic rings. The van der Waals surface area contributed by atoms with Crippen LogP contribution in [0.4, 0.5) is 0 Å². The summed E-state index contributed by atoms with van der Waals surface area (Å²) >= 11 is 0. The third kappa shape index (κ3) is 6.15. The largest absolute Gasteiger partial charge is 0.0845 e. The fourth-order valence-corrected chi connectivity index (χ4v) is 1.24. The minimum absolute atomic E-state index is 1.10. The molecule has 0 amide bonds. The Labute approximate surface area is 81.4 Å². The lowest BCUT2D eigenvalue weighted by Crippen LogP contribution is -1.74. The molecule has 0 unspecified atom stereocenters. The maximum atomic E-state index is 3.26. The van der Waals surface area contributed by atoms with Crippen molar-refractivity contribution in [2.45, 2.75) is 32.1 Å². The Morgan fingerprint density at radius 2 is 1.62 bits per heavy atom. The Kier molecular flexibility index (Phi) is 5.87. The summed E-state index contributed by atoms with van der Waals surface area (Å²) in [5, 5.41) is 0. The zero-order chi connectivity index (χ0) is 9.19. The molecule has 0 heterocycles. The van der Waals surface area contributed by atoms with Crippen LogP contribution < -0.4 is 0 Å². The van der Waals surface area contributed by atoms with Crippen LogP contribution in [0.5, 0.6) is 0 Å². The Morgan fingerprint density at radius 3 is 2.62 bits per heavy atom. The fraction of sp³-hybridized carbons (Fsp3) is 0.385. The maximum absolute atomic E-state index is 3.26. The highest BCUT2D eigenvalue weighted by molar-refractivity contribution is 5.14. The molecule has 69 valence electrons. The molecule has 0 aromatic carbocycles. The van der Waals surface area contributed by atoms with Crippen molar-refractivity contribution < 1.29 is 0 Å². The molecular weight excluding hydrogens is 156 g/mol. The molecule has 0 nitrogen and oxygen atoms in total. The molecule has 1 radical (unpaired) electrons. The van der Waals surface area contributed by atoms with E-state index in [1.54, 1.807) is 0 Å². The predicted molar refractivity (Wildman–Crippen MR) is 58.3 cm³/mol. The highest BCUT2D eigenvalue weighted by atomic mass is 13.9. The van der Waals surface area contributed by atoms with Crippen molar-refractivity contribution in [2.75, 3.05) is 0 Å². The van der Waals surface area contributed by atoms with Crippen molar-refractivity contribution in [3.05, 3.63) is 48.6 Å². The monoisotopic (exact) mass is 173 g/mol. The molecule has 0 bridgehead atoms. The van der Waals surface area contributed by atoms with Gasteiger partial charge in [-0.15, -0.1) is 0 Å². The second kappa shape index (κ2) is 7.60. The molecule has 0 saturated carbocycles. The molecule has 0 N–H and O–H groups in total. The molecule has 1 rings (SSSR count). The van der Waals surface area contributed by atoms with Crippen molar-refractivity contribution in [1.29, 1.82) is 0 Å². The van der Waals surface area contributed by atoms with E-state index in [1.165, 1.54) is 25.7 Å². The van der Waals surface area contributed by atoms with Crippen molar-refractivity contribution >= 4 is 0 Å². The maximum Gasteiger partial charge on any atom is -0.0276 e. The molecule has 0 saturated heterocycles. The summed E-state index contributed by atoms with van der Waals surface area (Å²) < 4.78 is 0. The topological polar surface area (TPSA) is 0 Å². The van der Waals surface area contributed by atoms with Gasteiger partial charge in [0.25, 0.3) is 0 Å². The smallest absolute Gasteiger partial charge is 0.0276 e. The van der Waals surface area contributed by atoms with Crippen LogP contribution in [0.2, 0.25) is 0 Å². The molecule has 13 heavy (non-hydrogen) atoms. The van der Waals surface area contributed by atoms with E-state index in [9.17, 15) is 0 Å². The third-order valence-corrected chi connectivity index (χ3v) is 1.99. The van der Waals surface area contributed by atoms with Gasteiger partial charge in [-0.1, -0.05) is 49.0 Å². The first-order valence-electron chi connectivity index (χ1n) is 5.05. The van der Waals surface area contributed by atoms with Gasteiger partial charge in [-0.25, -0.2) is 0 Å². The normalized spacial score (nSPS) is 28.9. The second-order valence-electron chi connectivity index (χ2n) is 3.17. The van der Waals surface area contributed by atoms with Crippen molar-refractivity contribution in [3.63, 3.8) is 0 Å². The van der Waals surface area contributed by atoms with Gasteiger partial charge in [0.2, 0.25) is 0 Å². The summed E-state index contributed by atoms with van der Waals surface area (Å²) in [5.41, 5.74) is 0. The average Bonchev–Trinajstić information content (AvgIpc) is 2.18. The second-order valence-corrected chi connectivity index (χ2v) is 3.17. The number of allylic oxidation sites excluding steroid dienone is 8. The molecule has 0 heteroatoms. The van der Waals surface area contributed by atoms with E-state index in [1.807, 2.05) is 24.3 Å². The first-order chi connectivity index (χ1) is 6.50. The zero-order valence-electron chi connectivity index (χ0n) is 8.08. The van der Waals surface area contributed by atoms with Gasteiger partial charge in [0, 0.05) is 0 Å². The quantitative estimate of drug-likeness (QED) is 0.520. The van der Waals surface area contributed by atoms with E-state index < -0.39 is 0 Å². The van der Waals surface area contributed by atoms with Gasteiger partial charge in [-0.05, 0) is 31.8 Å². The number of hydrogen-bond donors (Lipinski definition) is 0. The summed E-state index contributed by atoms with van der Waals surface area (Å²) in [7, 11) is 0. The standard InChI is InChI=1S/C13H17/c1-2-4-6-8-10-12-13-11-9-7-5-3-1/h1-7H,8,10-13H2/b2-1+,5-3-,6-4+,9-7?. The molecule has 0 aromatic heterocycles. The lowest BCUT2D eigenvalue weighted by molar-refractivity contribution is 0.691. The molecule has 0 spiro atoms. The summed E-state index contributed by atoms with van der Waals surface area (Å²) in [6.07, 6.45) is 24.0. The van der Waals surface area contributed by atoms with E-state index in [0.29, 0.717) is 0 Å². The van der Waals surface area contributed by atoms with Crippen LogP contribution in [0.25, 0.3) is 0 Å². The van der Waals surface area contributed by atoms with Crippen LogP contribution in [0, 0.1) is 6.08 Å². The molecule has 1 aliphatic carbocycles. The van der Waals surface area contributed by atoms with Crippen LogP contribution in [0.1, 0.15) is 32.1 Å². The van der Waals surface area contributed by atoms with Crippen molar-refractivity contribution in [2.24, 2.45) is 0 Å². The van der Waals surface area contributed by atoms with Crippen LogP contribution in [0.3, 0.4) is 0 Å². The van der Waals surface area contributed by atoms with Crippen LogP contribution in [0.15, 0.2) is 42.5 Å². The lowest BCUT2D eigenvalue weighted by Gasteiger charge is -1.93. The Hall–Kier alpha value is -1.04. The highest BCUT2D eigenvalue weighted by Crippen LogP contribution is 2.04. The third-order valence-electron chi connectivity index (χ3n) is 1.99. The first-order valence-corrected chi connectivity index (χ1v) is 5.05. The summed E-state index contributed by atoms with van der Waals surface area (Å²) in [5.74, 6) is 0. The van der Waals surface area contributed by atoms with E-state index in [-0.39, 0.29) is 0 Å². The first kappa shape index (κ1) is 10.0. The van der Waals surface area contributed by atoms with Crippen molar-refractivity contribution in [1.82, 2.24) is 0 Å². The minimum Gasteiger partial charge on any atom is -0.0845 e. The summed E-state index contributed by atoms with van der Waals surface area (Å²) in [4.78, 5) is 0. The van der Waals surface area contributed by atoms with E-state index >= 15 is 0 Å². The van der Waals surface area contributed by atoms with Crippen LogP contribution in [-0.2, 0) is 0 Å². The van der Waals surface area contributed by atoms with Crippen LogP contribution >= 0.6 is 0 Å². The van der Waals surface area contributed by atoms with Gasteiger partial charge < -0.3 is 0 Å². The number of hydrogen-bond acceptors (Lipinski definition) is 0. The molecule has 0 aliphatic heterocycles. The van der Waals surface area contributed by atoms with Crippen molar-refractivity contribution in [3.8, 4) is 0 Å². The fourth-order valence-electron chi connectivity index (χ4n) is 1.24. The van der Waals surface area contributed by atoms with Gasteiger partial charge in [-0.3, -0.25) is 0 Å². The SMILES string of the molecule is [C]1=C/C=C\C=C\C=C\CCCCC/1. The molecule has 0 fully saturated rings. The zero-order valence-corrected chi connectivity index (χ0v) is 8.08. The highest BCUT2D eigenvalue weighted by Gasteiger charge is 1.85. The lowest BCUT2D eigenvalue weighted by atomic mass is 10.1. The van der Waals surface area contributed by atoms with Gasteiger partial charge in [-0.2, -0.15) is 0 Å². The molecule has 0 atom stereocenters. The summed E-state index contributed by atoms with van der Waals surface area (Å²) in [6, 6.07) is 0. The van der Waals surface area contributed by atoms with Gasteiger partial charge in [0.15, 0.2) is 0 Å². The minimum atomic E-state index is 1.10. The Morgan fingerprint density at radius 1 is 0.769 bits per heavy atom. The Balaban J connectivity index is 2.39. The van der Waals surface area contributed by atoms with E-state index in [0.717, 1.165) is 6.42 Å². The Bertz CT molecular complexity index is 192. The molecule has 1 aliphatic rings. The van der Waals surface area contributed by atoms with Gasteiger partial charge in [0.05, 0.1) is 0 Å². The molecular formula is C13H17. The van der Waals surface area contributed by atoms with Gasteiger partial charge in [0.1, 0.15) is 0 Å².